The van der Waals surface area contributed by atoms with E-state index in [0.29, 0.717) is 0 Å². The van der Waals surface area contributed by atoms with E-state index in [0.717, 1.165) is 6.07 Å². The second-order valence-electron chi connectivity index (χ2n) is 5.04. The van der Waals surface area contributed by atoms with Crippen molar-refractivity contribution in [1.29, 1.82) is 0 Å². The number of carbonyl (C=O) groups is 2. The molecule has 0 amide bonds. The standard InChI is InChI=1S/C15H10BrNO6S/c1-23-8-4-2-3-6-10(8)15(19)12-11(14(6)18)7(16)5-9(13(12)17)24(20,21)22/h2-5H,17H2,1H3,(H,20,21,22). The van der Waals surface area contributed by atoms with Crippen molar-refractivity contribution in [3.63, 3.8) is 0 Å². The predicted octanol–water partition coefficient (Wildman–Crippen LogP) is 2.06. The SMILES string of the molecule is COc1cccc2c1C(=O)c1c(N)c(S(=O)(=O)O)cc(Br)c1C2=O. The molecule has 0 spiro atoms. The first-order chi connectivity index (χ1) is 11.2. The van der Waals surface area contributed by atoms with Crippen molar-refractivity contribution < 1.29 is 27.3 Å². The van der Waals surface area contributed by atoms with Crippen molar-refractivity contribution in [1.82, 2.24) is 0 Å². The summed E-state index contributed by atoms with van der Waals surface area (Å²) in [5.41, 5.74) is 5.11. The molecule has 124 valence electrons. The van der Waals surface area contributed by atoms with Crippen LogP contribution in [0.3, 0.4) is 0 Å². The molecule has 0 saturated heterocycles. The number of ether oxygens (including phenoxy) is 1. The monoisotopic (exact) mass is 411 g/mol. The highest BCUT2D eigenvalue weighted by Gasteiger charge is 2.37. The Morgan fingerprint density at radius 1 is 1.12 bits per heavy atom. The number of rotatable bonds is 2. The molecule has 3 N–H and O–H groups in total. The molecule has 1 aliphatic carbocycles. The third-order valence-electron chi connectivity index (χ3n) is 3.73. The van der Waals surface area contributed by atoms with Gasteiger partial charge in [-0.25, -0.2) is 0 Å². The number of carbonyl (C=O) groups excluding carboxylic acids is 2. The highest BCUT2D eigenvalue weighted by Crippen LogP contribution is 2.41. The van der Waals surface area contributed by atoms with Crippen molar-refractivity contribution in [2.75, 3.05) is 12.8 Å². The lowest BCUT2D eigenvalue weighted by Crippen LogP contribution is -2.25. The number of hydrogen-bond donors (Lipinski definition) is 2. The number of hydrogen-bond acceptors (Lipinski definition) is 6. The molecule has 3 rings (SSSR count). The molecule has 1 aliphatic rings. The normalized spacial score (nSPS) is 13.5. The number of ketones is 2. The Bertz CT molecular complexity index is 1030. The van der Waals surface area contributed by atoms with Crippen LogP contribution in [-0.4, -0.2) is 31.6 Å². The Hall–Kier alpha value is -2.23. The quantitative estimate of drug-likeness (QED) is 0.488. The maximum Gasteiger partial charge on any atom is 0.296 e. The smallest absolute Gasteiger partial charge is 0.296 e. The molecule has 0 radical (unpaired) electrons. The van der Waals surface area contributed by atoms with E-state index < -0.39 is 32.3 Å². The first kappa shape index (κ1) is 16.6. The molecule has 7 nitrogen and oxygen atoms in total. The van der Waals surface area contributed by atoms with Crippen LogP contribution in [-0.2, 0) is 10.1 Å². The molecule has 0 aliphatic heterocycles. The van der Waals surface area contributed by atoms with Crippen LogP contribution in [0.4, 0.5) is 5.69 Å². The molecule has 0 aromatic heterocycles. The zero-order chi connectivity index (χ0) is 17.8. The van der Waals surface area contributed by atoms with Gasteiger partial charge in [0.2, 0.25) is 0 Å². The van der Waals surface area contributed by atoms with E-state index in [2.05, 4.69) is 15.9 Å². The lowest BCUT2D eigenvalue weighted by atomic mass is 9.83. The zero-order valence-electron chi connectivity index (χ0n) is 12.2. The number of fused-ring (bicyclic) bond motifs is 2. The number of nitrogen functional groups attached to an aromatic ring is 1. The number of anilines is 1. The summed E-state index contributed by atoms with van der Waals surface area (Å²) in [5.74, 6) is -0.982. The first-order valence-electron chi connectivity index (χ1n) is 6.54. The average Bonchev–Trinajstić information content (AvgIpc) is 2.52. The number of methoxy groups -OCH3 is 1. The van der Waals surface area contributed by atoms with Gasteiger partial charge < -0.3 is 10.5 Å². The molecule has 0 saturated carbocycles. The predicted molar refractivity (Wildman–Crippen MR) is 88.2 cm³/mol. The minimum Gasteiger partial charge on any atom is -0.496 e. The van der Waals surface area contributed by atoms with Crippen molar-refractivity contribution >= 4 is 43.3 Å². The van der Waals surface area contributed by atoms with Gasteiger partial charge in [-0.15, -0.1) is 0 Å². The lowest BCUT2D eigenvalue weighted by Gasteiger charge is -2.22. The third-order valence-corrected chi connectivity index (χ3v) is 5.25. The van der Waals surface area contributed by atoms with Gasteiger partial charge in [-0.05, 0) is 28.1 Å². The Morgan fingerprint density at radius 3 is 2.38 bits per heavy atom. The van der Waals surface area contributed by atoms with Gasteiger partial charge in [0.25, 0.3) is 10.1 Å². The fraction of sp³-hybridized carbons (Fsp3) is 0.0667. The maximum atomic E-state index is 12.9. The van der Waals surface area contributed by atoms with Crippen molar-refractivity contribution in [3.8, 4) is 5.75 Å². The van der Waals surface area contributed by atoms with Gasteiger partial charge in [0.05, 0.1) is 29.5 Å². The van der Waals surface area contributed by atoms with Crippen LogP contribution in [0, 0.1) is 0 Å². The Kier molecular flexibility index (Phi) is 3.74. The van der Waals surface area contributed by atoms with E-state index in [1.165, 1.54) is 19.2 Å². The summed E-state index contributed by atoms with van der Waals surface area (Å²) in [6.07, 6.45) is 0. The highest BCUT2D eigenvalue weighted by atomic mass is 79.9. The van der Waals surface area contributed by atoms with E-state index >= 15 is 0 Å². The van der Waals surface area contributed by atoms with Gasteiger partial charge in [-0.2, -0.15) is 8.42 Å². The topological polar surface area (TPSA) is 124 Å². The Balaban J connectivity index is 2.44. The van der Waals surface area contributed by atoms with Crippen LogP contribution in [0.5, 0.6) is 5.75 Å². The highest BCUT2D eigenvalue weighted by molar-refractivity contribution is 9.10. The van der Waals surface area contributed by atoms with Crippen LogP contribution in [0.15, 0.2) is 33.6 Å². The summed E-state index contributed by atoms with van der Waals surface area (Å²) < 4.78 is 37.4. The summed E-state index contributed by atoms with van der Waals surface area (Å²) in [6.45, 7) is 0. The van der Waals surface area contributed by atoms with Crippen LogP contribution < -0.4 is 10.5 Å². The second kappa shape index (κ2) is 5.40. The van der Waals surface area contributed by atoms with E-state index in [9.17, 15) is 22.6 Å². The van der Waals surface area contributed by atoms with Gasteiger partial charge in [-0.1, -0.05) is 12.1 Å². The second-order valence-corrected chi connectivity index (χ2v) is 7.28. The zero-order valence-corrected chi connectivity index (χ0v) is 14.6. The van der Waals surface area contributed by atoms with Crippen molar-refractivity contribution in [3.05, 3.63) is 51.0 Å². The third kappa shape index (κ3) is 2.24. The van der Waals surface area contributed by atoms with Gasteiger partial charge in [0, 0.05) is 10.0 Å². The molecule has 0 heterocycles. The molecular formula is C15H10BrNO6S. The minimum atomic E-state index is -4.67. The molecular weight excluding hydrogens is 402 g/mol. The molecule has 2 aromatic rings. The average molecular weight is 412 g/mol. The summed E-state index contributed by atoms with van der Waals surface area (Å²) in [6, 6.07) is 5.55. The molecule has 0 bridgehead atoms. The minimum absolute atomic E-state index is 0.00332. The van der Waals surface area contributed by atoms with Crippen LogP contribution in [0.1, 0.15) is 31.8 Å². The van der Waals surface area contributed by atoms with E-state index in [1.54, 1.807) is 6.07 Å². The van der Waals surface area contributed by atoms with Crippen molar-refractivity contribution in [2.24, 2.45) is 0 Å². The van der Waals surface area contributed by atoms with Crippen LogP contribution in [0.2, 0.25) is 0 Å². The fourth-order valence-electron chi connectivity index (χ4n) is 2.70. The van der Waals surface area contributed by atoms with Crippen molar-refractivity contribution in [2.45, 2.75) is 4.90 Å². The Labute approximate surface area is 145 Å². The molecule has 2 aromatic carbocycles. The van der Waals surface area contributed by atoms with Crippen LogP contribution in [0.25, 0.3) is 0 Å². The molecule has 9 heteroatoms. The van der Waals surface area contributed by atoms with E-state index in [-0.39, 0.29) is 32.5 Å². The van der Waals surface area contributed by atoms with Gasteiger partial charge >= 0.3 is 0 Å². The number of benzene rings is 2. The summed E-state index contributed by atoms with van der Waals surface area (Å²) in [7, 11) is -3.33. The van der Waals surface area contributed by atoms with E-state index in [1.807, 2.05) is 0 Å². The maximum absolute atomic E-state index is 12.9. The molecule has 24 heavy (non-hydrogen) atoms. The lowest BCUT2D eigenvalue weighted by molar-refractivity contribution is 0.0976. The van der Waals surface area contributed by atoms with Gasteiger partial charge in [-0.3, -0.25) is 14.1 Å². The molecule has 0 unspecified atom stereocenters. The summed E-state index contributed by atoms with van der Waals surface area (Å²) >= 11 is 3.08. The number of halogens is 1. The first-order valence-corrected chi connectivity index (χ1v) is 8.77. The fourth-order valence-corrected chi connectivity index (χ4v) is 4.10. The van der Waals surface area contributed by atoms with Crippen LogP contribution >= 0.6 is 15.9 Å². The van der Waals surface area contributed by atoms with Gasteiger partial charge in [0.1, 0.15) is 10.6 Å². The number of nitrogens with two attached hydrogens (primary N) is 1. The van der Waals surface area contributed by atoms with E-state index in [4.69, 9.17) is 10.5 Å². The molecule has 0 atom stereocenters. The summed E-state index contributed by atoms with van der Waals surface area (Å²) in [4.78, 5) is 25.0. The molecule has 0 fully saturated rings. The van der Waals surface area contributed by atoms with Gasteiger partial charge in [0.15, 0.2) is 11.6 Å². The summed E-state index contributed by atoms with van der Waals surface area (Å²) in [5, 5.41) is 0. The largest absolute Gasteiger partial charge is 0.496 e. The Morgan fingerprint density at radius 2 is 1.79 bits per heavy atom.